The van der Waals surface area contributed by atoms with E-state index in [1.807, 2.05) is 24.4 Å². The first kappa shape index (κ1) is 14.0. The Morgan fingerprint density at radius 2 is 2.15 bits per heavy atom. The van der Waals surface area contributed by atoms with Crippen molar-refractivity contribution in [1.82, 2.24) is 14.9 Å². The van der Waals surface area contributed by atoms with Crippen LogP contribution >= 0.6 is 0 Å². The number of fused-ring (bicyclic) bond motifs is 1. The number of nitrogens with one attached hydrogen (secondary N) is 1. The van der Waals surface area contributed by atoms with Gasteiger partial charge in [0.05, 0.1) is 11.7 Å². The van der Waals surface area contributed by atoms with Gasteiger partial charge in [-0.3, -0.25) is 9.59 Å². The normalized spacial score (nSPS) is 10.6. The minimum absolute atomic E-state index is 0.0292. The molecule has 0 bridgehead atoms. The number of rotatable bonds is 7. The van der Waals surface area contributed by atoms with E-state index >= 15 is 0 Å². The summed E-state index contributed by atoms with van der Waals surface area (Å²) in [5, 5.41) is 15.5. The van der Waals surface area contributed by atoms with Gasteiger partial charge in [0.2, 0.25) is 5.91 Å². The molecule has 0 radical (unpaired) electrons. The number of carbonyl (C=O) groups is 2. The predicted octanol–water partition coefficient (Wildman–Crippen LogP) is 1.25. The van der Waals surface area contributed by atoms with Gasteiger partial charge in [0.15, 0.2) is 0 Å². The van der Waals surface area contributed by atoms with Gasteiger partial charge in [-0.05, 0) is 30.5 Å². The van der Waals surface area contributed by atoms with E-state index in [4.69, 9.17) is 5.11 Å². The van der Waals surface area contributed by atoms with Crippen LogP contribution in [0.3, 0.4) is 0 Å². The first-order chi connectivity index (χ1) is 9.66. The van der Waals surface area contributed by atoms with Crippen LogP contribution in [-0.2, 0) is 16.0 Å². The van der Waals surface area contributed by atoms with Crippen molar-refractivity contribution in [2.75, 3.05) is 6.54 Å². The summed E-state index contributed by atoms with van der Waals surface area (Å²) in [6, 6.07) is 5.84. The largest absolute Gasteiger partial charge is 0.481 e. The van der Waals surface area contributed by atoms with Gasteiger partial charge in [-0.15, -0.1) is 0 Å². The van der Waals surface area contributed by atoms with Crippen molar-refractivity contribution in [3.63, 3.8) is 0 Å². The minimum Gasteiger partial charge on any atom is -0.481 e. The quantitative estimate of drug-likeness (QED) is 0.796. The molecule has 0 aliphatic heterocycles. The van der Waals surface area contributed by atoms with Gasteiger partial charge in [0, 0.05) is 25.6 Å². The summed E-state index contributed by atoms with van der Waals surface area (Å²) >= 11 is 0. The van der Waals surface area contributed by atoms with Gasteiger partial charge in [-0.25, -0.2) is 4.52 Å². The molecule has 2 N–H and O–H groups in total. The molecule has 6 nitrogen and oxygen atoms in total. The lowest BCUT2D eigenvalue weighted by Crippen LogP contribution is -2.25. The molecule has 2 aromatic rings. The maximum Gasteiger partial charge on any atom is 0.303 e. The van der Waals surface area contributed by atoms with E-state index < -0.39 is 5.97 Å². The van der Waals surface area contributed by atoms with Gasteiger partial charge in [-0.2, -0.15) is 5.10 Å². The summed E-state index contributed by atoms with van der Waals surface area (Å²) in [4.78, 5) is 21.8. The van der Waals surface area contributed by atoms with Crippen molar-refractivity contribution in [2.45, 2.75) is 25.7 Å². The first-order valence-corrected chi connectivity index (χ1v) is 6.56. The van der Waals surface area contributed by atoms with Crippen LogP contribution in [0.2, 0.25) is 0 Å². The molecule has 0 saturated carbocycles. The van der Waals surface area contributed by atoms with E-state index in [-0.39, 0.29) is 18.7 Å². The SMILES string of the molecule is O=C(O)CCCC(=O)NCCc1cnn2ccccc12. The van der Waals surface area contributed by atoms with Crippen molar-refractivity contribution in [3.05, 3.63) is 36.2 Å². The smallest absolute Gasteiger partial charge is 0.303 e. The topological polar surface area (TPSA) is 83.7 Å². The van der Waals surface area contributed by atoms with Gasteiger partial charge >= 0.3 is 5.97 Å². The van der Waals surface area contributed by atoms with Crippen LogP contribution in [0.25, 0.3) is 5.52 Å². The third kappa shape index (κ3) is 3.81. The molecule has 20 heavy (non-hydrogen) atoms. The molecule has 0 fully saturated rings. The van der Waals surface area contributed by atoms with E-state index in [9.17, 15) is 9.59 Å². The summed E-state index contributed by atoms with van der Waals surface area (Å²) < 4.78 is 1.80. The summed E-state index contributed by atoms with van der Waals surface area (Å²) in [7, 11) is 0. The number of pyridine rings is 1. The molecule has 0 aliphatic rings. The Bertz CT molecular complexity index is 606. The monoisotopic (exact) mass is 275 g/mol. The molecule has 0 aliphatic carbocycles. The van der Waals surface area contributed by atoms with Crippen molar-refractivity contribution < 1.29 is 14.7 Å². The van der Waals surface area contributed by atoms with Crippen molar-refractivity contribution in [2.24, 2.45) is 0 Å². The van der Waals surface area contributed by atoms with Crippen LogP contribution in [-0.4, -0.2) is 33.1 Å². The molecule has 2 heterocycles. The standard InChI is InChI=1S/C14H17N3O3/c18-13(5-3-6-14(19)20)15-8-7-11-10-16-17-9-2-1-4-12(11)17/h1-2,4,9-10H,3,5-8H2,(H,15,18)(H,19,20). The lowest BCUT2D eigenvalue weighted by Gasteiger charge is -2.04. The number of nitrogens with zero attached hydrogens (tertiary/aromatic N) is 2. The molecule has 0 saturated heterocycles. The highest BCUT2D eigenvalue weighted by atomic mass is 16.4. The Labute approximate surface area is 116 Å². The number of carbonyl (C=O) groups excluding carboxylic acids is 1. The van der Waals surface area contributed by atoms with Gasteiger partial charge in [-0.1, -0.05) is 6.07 Å². The molecule has 2 rings (SSSR count). The van der Waals surface area contributed by atoms with Gasteiger partial charge in [0.1, 0.15) is 0 Å². The molecule has 6 heteroatoms. The van der Waals surface area contributed by atoms with Crippen LogP contribution in [0.5, 0.6) is 0 Å². The Morgan fingerprint density at radius 1 is 1.30 bits per heavy atom. The van der Waals surface area contributed by atoms with E-state index in [1.54, 1.807) is 10.7 Å². The Kier molecular flexibility index (Phi) is 4.70. The van der Waals surface area contributed by atoms with Crippen molar-refractivity contribution >= 4 is 17.4 Å². The Hall–Kier alpha value is -2.37. The van der Waals surface area contributed by atoms with Crippen molar-refractivity contribution in [1.29, 1.82) is 0 Å². The van der Waals surface area contributed by atoms with Crippen LogP contribution in [0.1, 0.15) is 24.8 Å². The van der Waals surface area contributed by atoms with Crippen LogP contribution in [0, 0.1) is 0 Å². The molecular weight excluding hydrogens is 258 g/mol. The van der Waals surface area contributed by atoms with Crippen LogP contribution < -0.4 is 5.32 Å². The highest BCUT2D eigenvalue weighted by Crippen LogP contribution is 2.09. The van der Waals surface area contributed by atoms with Gasteiger partial charge < -0.3 is 10.4 Å². The second-order valence-electron chi connectivity index (χ2n) is 4.55. The maximum atomic E-state index is 11.5. The summed E-state index contributed by atoms with van der Waals surface area (Å²) in [5.74, 6) is -0.980. The van der Waals surface area contributed by atoms with Gasteiger partial charge in [0.25, 0.3) is 0 Å². The fraction of sp³-hybridized carbons (Fsp3) is 0.357. The lowest BCUT2D eigenvalue weighted by atomic mass is 10.2. The Morgan fingerprint density at radius 3 is 2.95 bits per heavy atom. The number of hydrogen-bond donors (Lipinski definition) is 2. The third-order valence-corrected chi connectivity index (χ3v) is 3.02. The predicted molar refractivity (Wildman–Crippen MR) is 73.4 cm³/mol. The number of aliphatic carboxylic acids is 1. The molecule has 1 amide bonds. The first-order valence-electron chi connectivity index (χ1n) is 6.56. The zero-order chi connectivity index (χ0) is 14.4. The maximum absolute atomic E-state index is 11.5. The highest BCUT2D eigenvalue weighted by Gasteiger charge is 2.05. The molecule has 0 atom stereocenters. The number of amides is 1. The highest BCUT2D eigenvalue weighted by molar-refractivity contribution is 5.76. The average molecular weight is 275 g/mol. The average Bonchev–Trinajstić information content (AvgIpc) is 2.82. The number of carboxylic acids is 1. The summed E-state index contributed by atoms with van der Waals surface area (Å²) in [5.41, 5.74) is 2.11. The fourth-order valence-corrected chi connectivity index (χ4v) is 2.01. The molecule has 2 aromatic heterocycles. The van der Waals surface area contributed by atoms with E-state index in [2.05, 4.69) is 10.4 Å². The molecule has 0 aromatic carbocycles. The number of hydrogen-bond acceptors (Lipinski definition) is 3. The second-order valence-corrected chi connectivity index (χ2v) is 4.55. The van der Waals surface area contributed by atoms with Crippen LogP contribution in [0.4, 0.5) is 0 Å². The molecule has 0 unspecified atom stereocenters. The van der Waals surface area contributed by atoms with Crippen molar-refractivity contribution in [3.8, 4) is 0 Å². The molecule has 106 valence electrons. The van der Waals surface area contributed by atoms with E-state index in [0.717, 1.165) is 11.1 Å². The zero-order valence-electron chi connectivity index (χ0n) is 11.1. The fourth-order valence-electron chi connectivity index (χ4n) is 2.01. The third-order valence-electron chi connectivity index (χ3n) is 3.02. The van der Waals surface area contributed by atoms with E-state index in [0.29, 0.717) is 19.4 Å². The molecular formula is C14H17N3O3. The number of aromatic nitrogens is 2. The lowest BCUT2D eigenvalue weighted by molar-refractivity contribution is -0.137. The zero-order valence-corrected chi connectivity index (χ0v) is 11.1. The Balaban J connectivity index is 1.75. The van der Waals surface area contributed by atoms with Crippen LogP contribution in [0.15, 0.2) is 30.6 Å². The molecule has 0 spiro atoms. The van der Waals surface area contributed by atoms with E-state index in [1.165, 1.54) is 0 Å². The minimum atomic E-state index is -0.871. The second kappa shape index (κ2) is 6.70. The summed E-state index contributed by atoms with van der Waals surface area (Å²) in [6.07, 6.45) is 5.04. The summed E-state index contributed by atoms with van der Waals surface area (Å²) in [6.45, 7) is 0.530. The number of carboxylic acid groups (broad SMARTS) is 1.